The largest absolute Gasteiger partial charge is 0.396 e. The summed E-state index contributed by atoms with van der Waals surface area (Å²) in [7, 11) is 0. The van der Waals surface area contributed by atoms with Crippen LogP contribution in [0.15, 0.2) is 18.7 Å². The van der Waals surface area contributed by atoms with Crippen LogP contribution in [-0.2, 0) is 0 Å². The van der Waals surface area contributed by atoms with E-state index in [0.29, 0.717) is 23.8 Å². The van der Waals surface area contributed by atoms with E-state index in [0.717, 1.165) is 32.1 Å². The van der Waals surface area contributed by atoms with Gasteiger partial charge < -0.3 is 10.4 Å². The second kappa shape index (κ2) is 15.4. The number of unbranched alkanes of at least 4 members (excludes halogenated alkanes) is 1. The summed E-state index contributed by atoms with van der Waals surface area (Å²) in [5.74, 6) is -0.0551. The molecule has 0 saturated heterocycles. The summed E-state index contributed by atoms with van der Waals surface area (Å²) in [5.41, 5.74) is 0.714. The lowest BCUT2D eigenvalue weighted by Crippen LogP contribution is -2.34. The Kier molecular flexibility index (Phi) is 14.5. The zero-order chi connectivity index (χ0) is 21.5. The fraction of sp³-hybridized carbons (Fsp3) is 0.609. The van der Waals surface area contributed by atoms with E-state index in [2.05, 4.69) is 32.7 Å². The minimum atomic E-state index is -0.599. The van der Waals surface area contributed by atoms with Crippen LogP contribution in [0, 0.1) is 23.1 Å². The summed E-state index contributed by atoms with van der Waals surface area (Å²) in [6, 6.07) is 5.21. The lowest BCUT2D eigenvalue weighted by molar-refractivity contribution is 0.295. The van der Waals surface area contributed by atoms with Gasteiger partial charge in [0.15, 0.2) is 5.82 Å². The van der Waals surface area contributed by atoms with Crippen molar-refractivity contribution in [3.8, 4) is 6.07 Å². The lowest BCUT2D eigenvalue weighted by atomic mass is 9.88. The van der Waals surface area contributed by atoms with Gasteiger partial charge in [-0.3, -0.25) is 0 Å². The van der Waals surface area contributed by atoms with Crippen molar-refractivity contribution in [1.82, 2.24) is 5.32 Å². The van der Waals surface area contributed by atoms with Gasteiger partial charge in [0.25, 0.3) is 0 Å². The molecule has 0 aliphatic heterocycles. The summed E-state index contributed by atoms with van der Waals surface area (Å²) >= 11 is 5.88. The average Bonchev–Trinajstić information content (AvgIpc) is 2.69. The van der Waals surface area contributed by atoms with Crippen molar-refractivity contribution in [1.29, 1.82) is 5.26 Å². The number of halogens is 2. The Morgan fingerprint density at radius 1 is 1.21 bits per heavy atom. The molecular formula is C23H36ClFN2O. The van der Waals surface area contributed by atoms with E-state index in [1.807, 2.05) is 13.0 Å². The fourth-order valence-corrected chi connectivity index (χ4v) is 3.31. The highest BCUT2D eigenvalue weighted by Crippen LogP contribution is 2.27. The number of hydrogen-bond acceptors (Lipinski definition) is 3. The van der Waals surface area contributed by atoms with E-state index >= 15 is 0 Å². The van der Waals surface area contributed by atoms with Crippen LogP contribution in [0.4, 0.5) is 4.39 Å². The van der Waals surface area contributed by atoms with E-state index < -0.39 is 5.82 Å². The highest BCUT2D eigenvalue weighted by Gasteiger charge is 2.21. The second-order valence-corrected chi connectivity index (χ2v) is 7.36. The third-order valence-electron chi connectivity index (χ3n) is 4.71. The average molecular weight is 411 g/mol. The van der Waals surface area contributed by atoms with Crippen LogP contribution in [0.3, 0.4) is 0 Å². The minimum Gasteiger partial charge on any atom is -0.396 e. The fourth-order valence-electron chi connectivity index (χ4n) is 3.13. The Bertz CT molecular complexity index is 626. The van der Waals surface area contributed by atoms with Crippen LogP contribution < -0.4 is 5.32 Å². The summed E-state index contributed by atoms with van der Waals surface area (Å²) in [5, 5.41) is 20.5. The molecule has 2 N–H and O–H groups in total. The number of nitriles is 1. The summed E-state index contributed by atoms with van der Waals surface area (Å²) in [6.45, 7) is 12.8. The number of aliphatic hydroxyl groups is 1. The first-order chi connectivity index (χ1) is 13.4. The third-order valence-corrected chi connectivity index (χ3v) is 5.02. The highest BCUT2D eigenvalue weighted by molar-refractivity contribution is 6.31. The van der Waals surface area contributed by atoms with E-state index in [-0.39, 0.29) is 16.6 Å². The normalized spacial score (nSPS) is 12.4. The number of nitrogens with zero attached hydrogens (tertiary/aromatic N) is 1. The Balaban J connectivity index is 0.00000165. The molecule has 0 heterocycles. The predicted octanol–water partition coefficient (Wildman–Crippen LogP) is 6.68. The molecule has 3 nitrogen and oxygen atoms in total. The van der Waals surface area contributed by atoms with Crippen molar-refractivity contribution in [3.05, 3.63) is 40.7 Å². The van der Waals surface area contributed by atoms with Crippen molar-refractivity contribution in [2.75, 3.05) is 6.61 Å². The van der Waals surface area contributed by atoms with Gasteiger partial charge in [-0.05, 0) is 43.7 Å². The van der Waals surface area contributed by atoms with Gasteiger partial charge in [0, 0.05) is 23.9 Å². The number of hydrogen-bond donors (Lipinski definition) is 2. The van der Waals surface area contributed by atoms with Gasteiger partial charge in [-0.1, -0.05) is 65.1 Å². The second-order valence-electron chi connectivity index (χ2n) is 6.95. The first-order valence-electron chi connectivity index (χ1n) is 10.4. The quantitative estimate of drug-likeness (QED) is 0.427. The van der Waals surface area contributed by atoms with Gasteiger partial charge in [-0.25, -0.2) is 4.39 Å². The summed E-state index contributed by atoms with van der Waals surface area (Å²) in [6.07, 6.45) is 7.64. The zero-order valence-corrected chi connectivity index (χ0v) is 18.6. The zero-order valence-electron chi connectivity index (χ0n) is 17.8. The van der Waals surface area contributed by atoms with Crippen LogP contribution in [-0.4, -0.2) is 17.8 Å². The molecule has 158 valence electrons. The van der Waals surface area contributed by atoms with Crippen LogP contribution in [0.5, 0.6) is 0 Å². The molecule has 0 saturated carbocycles. The Morgan fingerprint density at radius 2 is 1.86 bits per heavy atom. The first-order valence-corrected chi connectivity index (χ1v) is 10.7. The predicted molar refractivity (Wildman–Crippen MR) is 118 cm³/mol. The smallest absolute Gasteiger partial charge is 0.151 e. The first kappa shape index (κ1) is 26.4. The molecule has 2 unspecified atom stereocenters. The Morgan fingerprint density at radius 3 is 2.32 bits per heavy atom. The van der Waals surface area contributed by atoms with Gasteiger partial charge in [0.1, 0.15) is 11.6 Å². The third kappa shape index (κ3) is 8.63. The van der Waals surface area contributed by atoms with E-state index in [1.54, 1.807) is 12.1 Å². The number of aliphatic hydroxyl groups excluding tert-OH is 1. The molecule has 0 spiro atoms. The van der Waals surface area contributed by atoms with Crippen LogP contribution in [0.1, 0.15) is 83.8 Å². The molecule has 0 aromatic heterocycles. The molecule has 0 fully saturated rings. The monoisotopic (exact) mass is 410 g/mol. The molecule has 1 rings (SSSR count). The van der Waals surface area contributed by atoms with Crippen molar-refractivity contribution < 1.29 is 9.50 Å². The topological polar surface area (TPSA) is 56.0 Å². The standard InChI is InChI=1S/C20H28ClFN2.C3H8O/c1-5-8-10-15(9-6-2)19(7-3)24-14(4)16-11-12-18(21)17(13-23)20(16)22;1-2-3-4/h11-12,15,19,24H,4-10H2,1-3H3;4H,2-3H2,1H3. The van der Waals surface area contributed by atoms with Crippen molar-refractivity contribution in [3.63, 3.8) is 0 Å². The van der Waals surface area contributed by atoms with Gasteiger partial charge in [-0.2, -0.15) is 5.26 Å². The SMILES string of the molecule is C=C(NC(CC)C(CCC)CCCC)c1ccc(Cl)c(C#N)c1F.CCCO. The van der Waals surface area contributed by atoms with Gasteiger partial charge >= 0.3 is 0 Å². The van der Waals surface area contributed by atoms with Crippen LogP contribution >= 0.6 is 11.6 Å². The highest BCUT2D eigenvalue weighted by atomic mass is 35.5. The van der Waals surface area contributed by atoms with Gasteiger partial charge in [0.2, 0.25) is 0 Å². The molecule has 28 heavy (non-hydrogen) atoms. The van der Waals surface area contributed by atoms with Crippen molar-refractivity contribution in [2.45, 2.75) is 78.7 Å². The molecule has 2 atom stereocenters. The maximum atomic E-state index is 14.5. The van der Waals surface area contributed by atoms with E-state index in [9.17, 15) is 4.39 Å². The van der Waals surface area contributed by atoms with Crippen LogP contribution in [0.2, 0.25) is 5.02 Å². The minimum absolute atomic E-state index is 0.124. The van der Waals surface area contributed by atoms with E-state index in [4.69, 9.17) is 22.0 Å². The Hall–Kier alpha value is -1.57. The molecule has 0 amide bonds. The molecule has 0 aliphatic carbocycles. The Labute approximate surface area is 175 Å². The summed E-state index contributed by atoms with van der Waals surface area (Å²) < 4.78 is 14.5. The molecule has 5 heteroatoms. The molecule has 0 bridgehead atoms. The van der Waals surface area contributed by atoms with Gasteiger partial charge in [-0.15, -0.1) is 0 Å². The van der Waals surface area contributed by atoms with Crippen molar-refractivity contribution >= 4 is 17.3 Å². The molecule has 1 aromatic rings. The van der Waals surface area contributed by atoms with Gasteiger partial charge in [0.05, 0.1) is 5.02 Å². The number of nitrogens with one attached hydrogen (secondary N) is 1. The lowest BCUT2D eigenvalue weighted by Gasteiger charge is -2.29. The van der Waals surface area contributed by atoms with E-state index in [1.165, 1.54) is 12.8 Å². The van der Waals surface area contributed by atoms with Crippen molar-refractivity contribution in [2.24, 2.45) is 5.92 Å². The summed E-state index contributed by atoms with van der Waals surface area (Å²) in [4.78, 5) is 0. The molecule has 1 aromatic carbocycles. The maximum Gasteiger partial charge on any atom is 0.151 e. The molecule has 0 aliphatic rings. The maximum absolute atomic E-state index is 14.5. The number of rotatable bonds is 11. The molecular weight excluding hydrogens is 375 g/mol. The molecule has 0 radical (unpaired) electrons. The number of benzene rings is 1. The van der Waals surface area contributed by atoms with Crippen LogP contribution in [0.25, 0.3) is 5.70 Å².